The van der Waals surface area contributed by atoms with Crippen molar-refractivity contribution in [1.29, 1.82) is 0 Å². The first kappa shape index (κ1) is 14.7. The van der Waals surface area contributed by atoms with Crippen molar-refractivity contribution in [3.05, 3.63) is 51.0 Å². The van der Waals surface area contributed by atoms with Crippen LogP contribution in [0.1, 0.15) is 58.4 Å². The Kier molecular flexibility index (Phi) is 4.14. The van der Waals surface area contributed by atoms with E-state index in [4.69, 9.17) is 0 Å². The lowest BCUT2D eigenvalue weighted by molar-refractivity contribution is 0.271. The van der Waals surface area contributed by atoms with Crippen LogP contribution in [0.5, 0.6) is 0 Å². The van der Waals surface area contributed by atoms with Gasteiger partial charge in [-0.2, -0.15) is 0 Å². The van der Waals surface area contributed by atoms with Gasteiger partial charge < -0.3 is 5.32 Å². The van der Waals surface area contributed by atoms with Crippen LogP contribution in [-0.2, 0) is 0 Å². The number of rotatable bonds is 4. The molecule has 0 radical (unpaired) electrons. The summed E-state index contributed by atoms with van der Waals surface area (Å²) in [6.45, 7) is 8.70. The maximum atomic E-state index is 4.54. The molecule has 3 rings (SSSR count). The molecule has 1 aliphatic carbocycles. The molecular weight excluding hydrogens is 276 g/mol. The molecule has 1 aliphatic rings. The summed E-state index contributed by atoms with van der Waals surface area (Å²) in [6.07, 6.45) is 2.51. The maximum Gasteiger partial charge on any atom is 0.0900 e. The summed E-state index contributed by atoms with van der Waals surface area (Å²) in [6, 6.07) is 9.86. The molecule has 1 fully saturated rings. The van der Waals surface area contributed by atoms with Crippen molar-refractivity contribution in [3.63, 3.8) is 0 Å². The normalized spacial score (nSPS) is 22.9. The van der Waals surface area contributed by atoms with Crippen molar-refractivity contribution in [1.82, 2.24) is 10.3 Å². The summed E-state index contributed by atoms with van der Waals surface area (Å²) >= 11 is 1.83. The van der Waals surface area contributed by atoms with E-state index in [0.29, 0.717) is 12.1 Å². The topological polar surface area (TPSA) is 24.9 Å². The molecule has 112 valence electrons. The van der Waals surface area contributed by atoms with Crippen molar-refractivity contribution < 1.29 is 0 Å². The van der Waals surface area contributed by atoms with Crippen molar-refractivity contribution in [2.45, 2.75) is 58.5 Å². The van der Waals surface area contributed by atoms with Gasteiger partial charge in [0, 0.05) is 17.0 Å². The molecule has 0 amide bonds. The molecule has 1 unspecified atom stereocenters. The SMILES string of the molecule is Cc1nc(C)c(C(C)NC2CC(c3ccccc3C)C2)s1. The zero-order valence-electron chi connectivity index (χ0n) is 13.3. The van der Waals surface area contributed by atoms with Crippen LogP contribution in [0.2, 0.25) is 0 Å². The Morgan fingerprint density at radius 3 is 2.52 bits per heavy atom. The van der Waals surface area contributed by atoms with Gasteiger partial charge in [0.2, 0.25) is 0 Å². The fraction of sp³-hybridized carbons (Fsp3) is 0.500. The average molecular weight is 300 g/mol. The highest BCUT2D eigenvalue weighted by Gasteiger charge is 2.32. The number of thiazole rings is 1. The maximum absolute atomic E-state index is 4.54. The van der Waals surface area contributed by atoms with Gasteiger partial charge in [0.25, 0.3) is 0 Å². The van der Waals surface area contributed by atoms with Crippen LogP contribution in [0, 0.1) is 20.8 Å². The number of aromatic nitrogens is 1. The zero-order chi connectivity index (χ0) is 15.0. The third-order valence-electron chi connectivity index (χ3n) is 4.58. The Bertz CT molecular complexity index is 626. The Morgan fingerprint density at radius 1 is 1.19 bits per heavy atom. The molecule has 1 aromatic heterocycles. The number of nitrogens with one attached hydrogen (secondary N) is 1. The van der Waals surface area contributed by atoms with Crippen LogP contribution in [0.4, 0.5) is 0 Å². The molecule has 0 spiro atoms. The van der Waals surface area contributed by atoms with E-state index in [0.717, 1.165) is 5.92 Å². The predicted molar refractivity (Wildman–Crippen MR) is 90.1 cm³/mol. The molecular formula is C18H24N2S. The van der Waals surface area contributed by atoms with E-state index in [2.05, 4.69) is 62.3 Å². The van der Waals surface area contributed by atoms with Crippen LogP contribution in [0.3, 0.4) is 0 Å². The number of hydrogen-bond acceptors (Lipinski definition) is 3. The van der Waals surface area contributed by atoms with Crippen molar-refractivity contribution in [2.75, 3.05) is 0 Å². The van der Waals surface area contributed by atoms with E-state index < -0.39 is 0 Å². The number of hydrogen-bond donors (Lipinski definition) is 1. The van der Waals surface area contributed by atoms with Gasteiger partial charge in [-0.05, 0) is 57.6 Å². The van der Waals surface area contributed by atoms with Gasteiger partial charge in [-0.25, -0.2) is 4.98 Å². The lowest BCUT2D eigenvalue weighted by Crippen LogP contribution is -2.41. The third kappa shape index (κ3) is 3.04. The Balaban J connectivity index is 1.58. The summed E-state index contributed by atoms with van der Waals surface area (Å²) in [4.78, 5) is 5.93. The Labute approximate surface area is 131 Å². The predicted octanol–water partition coefficient (Wildman–Crippen LogP) is 4.67. The van der Waals surface area contributed by atoms with Gasteiger partial charge >= 0.3 is 0 Å². The van der Waals surface area contributed by atoms with Gasteiger partial charge in [-0.3, -0.25) is 0 Å². The van der Waals surface area contributed by atoms with Crippen LogP contribution in [0.25, 0.3) is 0 Å². The fourth-order valence-corrected chi connectivity index (χ4v) is 4.37. The molecule has 2 aromatic rings. The summed E-state index contributed by atoms with van der Waals surface area (Å²) in [7, 11) is 0. The van der Waals surface area contributed by atoms with Gasteiger partial charge in [0.15, 0.2) is 0 Å². The average Bonchev–Trinajstić information content (AvgIpc) is 2.73. The van der Waals surface area contributed by atoms with Crippen LogP contribution >= 0.6 is 11.3 Å². The first-order valence-corrected chi connectivity index (χ1v) is 8.61. The van der Waals surface area contributed by atoms with Crippen molar-refractivity contribution in [2.24, 2.45) is 0 Å². The molecule has 1 saturated carbocycles. The van der Waals surface area contributed by atoms with E-state index in [1.807, 2.05) is 11.3 Å². The lowest BCUT2D eigenvalue weighted by Gasteiger charge is -2.38. The van der Waals surface area contributed by atoms with Gasteiger partial charge in [-0.15, -0.1) is 11.3 Å². The second kappa shape index (κ2) is 5.90. The summed E-state index contributed by atoms with van der Waals surface area (Å²) < 4.78 is 0. The summed E-state index contributed by atoms with van der Waals surface area (Å²) in [5, 5.41) is 4.95. The number of benzene rings is 1. The molecule has 0 saturated heterocycles. The largest absolute Gasteiger partial charge is 0.307 e. The van der Waals surface area contributed by atoms with Crippen LogP contribution in [0.15, 0.2) is 24.3 Å². The quantitative estimate of drug-likeness (QED) is 0.888. The molecule has 2 nitrogen and oxygen atoms in total. The second-order valence-corrected chi connectivity index (χ2v) is 7.53. The van der Waals surface area contributed by atoms with Crippen molar-refractivity contribution >= 4 is 11.3 Å². The highest BCUT2D eigenvalue weighted by atomic mass is 32.1. The lowest BCUT2D eigenvalue weighted by atomic mass is 9.74. The summed E-state index contributed by atoms with van der Waals surface area (Å²) in [5.74, 6) is 0.736. The van der Waals surface area contributed by atoms with E-state index >= 15 is 0 Å². The van der Waals surface area contributed by atoms with Crippen LogP contribution in [-0.4, -0.2) is 11.0 Å². The summed E-state index contributed by atoms with van der Waals surface area (Å²) in [5.41, 5.74) is 4.16. The van der Waals surface area contributed by atoms with E-state index in [1.54, 1.807) is 0 Å². The molecule has 3 heteroatoms. The molecule has 1 heterocycles. The molecule has 1 atom stereocenters. The second-order valence-electron chi connectivity index (χ2n) is 6.29. The first-order chi connectivity index (χ1) is 10.0. The van der Waals surface area contributed by atoms with Gasteiger partial charge in [0.05, 0.1) is 10.7 Å². The third-order valence-corrected chi connectivity index (χ3v) is 5.84. The Morgan fingerprint density at radius 2 is 1.90 bits per heavy atom. The highest BCUT2D eigenvalue weighted by Crippen LogP contribution is 2.39. The number of aryl methyl sites for hydroxylation is 3. The van der Waals surface area contributed by atoms with Crippen LogP contribution < -0.4 is 5.32 Å². The standard InChI is InChI=1S/C18H24N2S/c1-11-7-5-6-8-17(11)15-9-16(10-15)20-13(3)18-12(2)19-14(4)21-18/h5-8,13,15-16,20H,9-10H2,1-4H3. The Hall–Kier alpha value is -1.19. The molecule has 0 bridgehead atoms. The first-order valence-electron chi connectivity index (χ1n) is 7.80. The minimum absolute atomic E-state index is 0.416. The number of nitrogens with zero attached hydrogens (tertiary/aromatic N) is 1. The van der Waals surface area contributed by atoms with E-state index in [-0.39, 0.29) is 0 Å². The van der Waals surface area contributed by atoms with Gasteiger partial charge in [0.1, 0.15) is 0 Å². The molecule has 1 aromatic carbocycles. The van der Waals surface area contributed by atoms with E-state index in [1.165, 1.54) is 39.5 Å². The molecule has 21 heavy (non-hydrogen) atoms. The van der Waals surface area contributed by atoms with E-state index in [9.17, 15) is 0 Å². The minimum Gasteiger partial charge on any atom is -0.307 e. The van der Waals surface area contributed by atoms with Crippen molar-refractivity contribution in [3.8, 4) is 0 Å². The zero-order valence-corrected chi connectivity index (χ0v) is 14.1. The smallest absolute Gasteiger partial charge is 0.0900 e. The van der Waals surface area contributed by atoms with Gasteiger partial charge in [-0.1, -0.05) is 24.3 Å². The molecule has 0 aliphatic heterocycles. The minimum atomic E-state index is 0.416. The fourth-order valence-electron chi connectivity index (χ4n) is 3.43. The highest BCUT2D eigenvalue weighted by molar-refractivity contribution is 7.11. The monoisotopic (exact) mass is 300 g/mol. The molecule has 1 N–H and O–H groups in total.